The molecule has 5 heteroatoms. The van der Waals surface area contributed by atoms with Crippen molar-refractivity contribution in [3.63, 3.8) is 0 Å². The molecule has 1 aliphatic rings. The van der Waals surface area contributed by atoms with Gasteiger partial charge in [-0.25, -0.2) is 4.98 Å². The van der Waals surface area contributed by atoms with Crippen LogP contribution in [0.4, 0.5) is 0 Å². The van der Waals surface area contributed by atoms with Crippen molar-refractivity contribution in [2.75, 3.05) is 6.79 Å². The molecule has 0 aliphatic carbocycles. The number of halogens is 1. The van der Waals surface area contributed by atoms with Crippen LogP contribution in [-0.2, 0) is 5.88 Å². The van der Waals surface area contributed by atoms with E-state index in [1.807, 2.05) is 25.1 Å². The third kappa shape index (κ3) is 1.74. The Labute approximate surface area is 104 Å². The number of nitrogens with one attached hydrogen (secondary N) is 1. The first-order chi connectivity index (χ1) is 8.28. The van der Waals surface area contributed by atoms with Crippen molar-refractivity contribution in [1.82, 2.24) is 9.97 Å². The van der Waals surface area contributed by atoms with Gasteiger partial charge in [0.1, 0.15) is 5.82 Å². The minimum Gasteiger partial charge on any atom is -0.454 e. The van der Waals surface area contributed by atoms with E-state index >= 15 is 0 Å². The molecule has 2 heterocycles. The zero-order valence-corrected chi connectivity index (χ0v) is 10.0. The molecule has 0 fully saturated rings. The Morgan fingerprint density at radius 2 is 2.18 bits per heavy atom. The Morgan fingerprint density at radius 1 is 1.35 bits per heavy atom. The molecule has 4 nitrogen and oxygen atoms in total. The van der Waals surface area contributed by atoms with Crippen molar-refractivity contribution in [3.8, 4) is 22.9 Å². The highest BCUT2D eigenvalue weighted by Crippen LogP contribution is 2.35. The summed E-state index contributed by atoms with van der Waals surface area (Å²) in [6.45, 7) is 2.24. The number of hydrogen-bond acceptors (Lipinski definition) is 3. The van der Waals surface area contributed by atoms with Crippen LogP contribution in [0.25, 0.3) is 11.4 Å². The normalized spacial score (nSPS) is 13.1. The quantitative estimate of drug-likeness (QED) is 0.834. The lowest BCUT2D eigenvalue weighted by Crippen LogP contribution is -1.92. The molecule has 1 aromatic heterocycles. The van der Waals surface area contributed by atoms with Crippen molar-refractivity contribution in [2.24, 2.45) is 0 Å². The number of nitrogens with zero attached hydrogens (tertiary/aromatic N) is 1. The number of benzene rings is 1. The number of aromatic nitrogens is 2. The van der Waals surface area contributed by atoms with Crippen molar-refractivity contribution in [1.29, 1.82) is 0 Å². The molecule has 1 aliphatic heterocycles. The fourth-order valence-electron chi connectivity index (χ4n) is 1.81. The molecule has 2 aromatic rings. The van der Waals surface area contributed by atoms with Gasteiger partial charge in [0.05, 0.1) is 11.6 Å². The van der Waals surface area contributed by atoms with E-state index in [1.54, 1.807) is 0 Å². The molecule has 3 rings (SSSR count). The van der Waals surface area contributed by atoms with Gasteiger partial charge in [-0.1, -0.05) is 0 Å². The Morgan fingerprint density at radius 3 is 2.94 bits per heavy atom. The minimum absolute atomic E-state index is 0.281. The van der Waals surface area contributed by atoms with E-state index < -0.39 is 0 Å². The Kier molecular flexibility index (Phi) is 2.44. The second-order valence-electron chi connectivity index (χ2n) is 3.86. The summed E-state index contributed by atoms with van der Waals surface area (Å²) in [6.07, 6.45) is 0. The van der Waals surface area contributed by atoms with Gasteiger partial charge in [0.25, 0.3) is 0 Å². The first kappa shape index (κ1) is 10.5. The summed E-state index contributed by atoms with van der Waals surface area (Å²) in [7, 11) is 0. The summed E-state index contributed by atoms with van der Waals surface area (Å²) in [5, 5.41) is 0. The van der Waals surface area contributed by atoms with E-state index in [-0.39, 0.29) is 6.79 Å². The number of hydrogen-bond donors (Lipinski definition) is 1. The van der Waals surface area contributed by atoms with Crippen LogP contribution in [0.3, 0.4) is 0 Å². The zero-order valence-electron chi connectivity index (χ0n) is 9.29. The van der Waals surface area contributed by atoms with E-state index in [2.05, 4.69) is 9.97 Å². The SMILES string of the molecule is Cc1[nH]c(-c2ccc3c(c2)OCO3)nc1CCl. The van der Waals surface area contributed by atoms with Crippen LogP contribution in [0.1, 0.15) is 11.4 Å². The van der Waals surface area contributed by atoms with Crippen LogP contribution in [0.2, 0.25) is 0 Å². The molecule has 17 heavy (non-hydrogen) atoms. The lowest BCUT2D eigenvalue weighted by atomic mass is 10.2. The summed E-state index contributed by atoms with van der Waals surface area (Å²) in [6, 6.07) is 5.75. The summed E-state index contributed by atoms with van der Waals surface area (Å²) < 4.78 is 10.6. The third-order valence-electron chi connectivity index (χ3n) is 2.76. The summed E-state index contributed by atoms with van der Waals surface area (Å²) in [5.41, 5.74) is 2.83. The molecule has 0 amide bonds. The molecule has 88 valence electrons. The van der Waals surface area contributed by atoms with Gasteiger partial charge in [-0.3, -0.25) is 0 Å². The Bertz CT molecular complexity index is 566. The van der Waals surface area contributed by atoms with Crippen molar-refractivity contribution in [3.05, 3.63) is 29.6 Å². The monoisotopic (exact) mass is 250 g/mol. The number of imidazole rings is 1. The molecule has 0 bridgehead atoms. The molecular formula is C12H11ClN2O2. The van der Waals surface area contributed by atoms with Gasteiger partial charge < -0.3 is 14.5 Å². The maximum Gasteiger partial charge on any atom is 0.231 e. The van der Waals surface area contributed by atoms with Crippen molar-refractivity contribution < 1.29 is 9.47 Å². The Hall–Kier alpha value is -1.68. The molecular weight excluding hydrogens is 240 g/mol. The fraction of sp³-hybridized carbons (Fsp3) is 0.250. The maximum atomic E-state index is 5.80. The summed E-state index contributed by atoms with van der Waals surface area (Å²) >= 11 is 5.80. The van der Waals surface area contributed by atoms with Crippen LogP contribution >= 0.6 is 11.6 Å². The first-order valence-electron chi connectivity index (χ1n) is 5.29. The van der Waals surface area contributed by atoms with E-state index in [0.29, 0.717) is 5.88 Å². The number of aromatic amines is 1. The van der Waals surface area contributed by atoms with Crippen LogP contribution in [0.15, 0.2) is 18.2 Å². The lowest BCUT2D eigenvalue weighted by molar-refractivity contribution is 0.174. The molecule has 0 atom stereocenters. The molecule has 1 aromatic carbocycles. The smallest absolute Gasteiger partial charge is 0.231 e. The predicted molar refractivity (Wildman–Crippen MR) is 64.4 cm³/mol. The van der Waals surface area contributed by atoms with Gasteiger partial charge >= 0.3 is 0 Å². The van der Waals surface area contributed by atoms with E-state index in [4.69, 9.17) is 21.1 Å². The molecule has 0 spiro atoms. The molecule has 0 radical (unpaired) electrons. The highest BCUT2D eigenvalue weighted by atomic mass is 35.5. The molecule has 0 saturated heterocycles. The number of fused-ring (bicyclic) bond motifs is 1. The average Bonchev–Trinajstić information content (AvgIpc) is 2.93. The topological polar surface area (TPSA) is 47.1 Å². The Balaban J connectivity index is 2.03. The standard InChI is InChI=1S/C12H11ClN2O2/c1-7-9(5-13)15-12(14-7)8-2-3-10-11(4-8)17-6-16-10/h2-4H,5-6H2,1H3,(H,14,15). The van der Waals surface area contributed by atoms with Crippen LogP contribution in [0, 0.1) is 6.92 Å². The largest absolute Gasteiger partial charge is 0.454 e. The molecule has 0 saturated carbocycles. The van der Waals surface area contributed by atoms with Gasteiger partial charge in [0, 0.05) is 11.3 Å². The predicted octanol–water partition coefficient (Wildman–Crippen LogP) is 2.85. The van der Waals surface area contributed by atoms with Gasteiger partial charge in [-0.2, -0.15) is 0 Å². The van der Waals surface area contributed by atoms with Gasteiger partial charge in [-0.15, -0.1) is 11.6 Å². The van der Waals surface area contributed by atoms with E-state index in [0.717, 1.165) is 34.3 Å². The van der Waals surface area contributed by atoms with Crippen molar-refractivity contribution in [2.45, 2.75) is 12.8 Å². The molecule has 1 N–H and O–H groups in total. The molecule has 0 unspecified atom stereocenters. The van der Waals surface area contributed by atoms with Gasteiger partial charge in [-0.05, 0) is 25.1 Å². The minimum atomic E-state index is 0.281. The number of rotatable bonds is 2. The number of alkyl halides is 1. The number of H-pyrrole nitrogens is 1. The van der Waals surface area contributed by atoms with E-state index in [1.165, 1.54) is 0 Å². The summed E-state index contributed by atoms with van der Waals surface area (Å²) in [5.74, 6) is 2.74. The number of ether oxygens (including phenoxy) is 2. The van der Waals surface area contributed by atoms with Crippen molar-refractivity contribution >= 4 is 11.6 Å². The second-order valence-corrected chi connectivity index (χ2v) is 4.13. The van der Waals surface area contributed by atoms with Crippen LogP contribution in [0.5, 0.6) is 11.5 Å². The highest BCUT2D eigenvalue weighted by Gasteiger charge is 2.15. The third-order valence-corrected chi connectivity index (χ3v) is 3.01. The van der Waals surface area contributed by atoms with Gasteiger partial charge in [0.2, 0.25) is 6.79 Å². The van der Waals surface area contributed by atoms with E-state index in [9.17, 15) is 0 Å². The second kappa shape index (κ2) is 3.96. The first-order valence-corrected chi connectivity index (χ1v) is 5.83. The average molecular weight is 251 g/mol. The lowest BCUT2D eigenvalue weighted by Gasteiger charge is -1.99. The highest BCUT2D eigenvalue weighted by molar-refractivity contribution is 6.17. The maximum absolute atomic E-state index is 5.80. The summed E-state index contributed by atoms with van der Waals surface area (Å²) in [4.78, 5) is 7.65. The zero-order chi connectivity index (χ0) is 11.8. The van der Waals surface area contributed by atoms with Crippen LogP contribution < -0.4 is 9.47 Å². The van der Waals surface area contributed by atoms with Gasteiger partial charge in [0.15, 0.2) is 11.5 Å². The number of aryl methyl sites for hydroxylation is 1. The van der Waals surface area contributed by atoms with Crippen LogP contribution in [-0.4, -0.2) is 16.8 Å². The fourth-order valence-corrected chi connectivity index (χ4v) is 2.07.